The Morgan fingerprint density at radius 2 is 2.15 bits per heavy atom. The van der Waals surface area contributed by atoms with Crippen LogP contribution in [0.4, 0.5) is 0 Å². The van der Waals surface area contributed by atoms with Gasteiger partial charge in [-0.1, -0.05) is 6.42 Å². The Hall–Kier alpha value is -1.40. The Labute approximate surface area is 124 Å². The summed E-state index contributed by atoms with van der Waals surface area (Å²) >= 11 is 3.11. The van der Waals surface area contributed by atoms with Crippen LogP contribution < -0.4 is 5.32 Å². The summed E-state index contributed by atoms with van der Waals surface area (Å²) in [5, 5.41) is 13.9. The summed E-state index contributed by atoms with van der Waals surface area (Å²) in [6.45, 7) is 0.462. The molecule has 4 nitrogen and oxygen atoms in total. The van der Waals surface area contributed by atoms with E-state index in [0.29, 0.717) is 11.4 Å². The van der Waals surface area contributed by atoms with Crippen molar-refractivity contribution in [2.24, 2.45) is 5.41 Å². The first-order valence-corrected chi connectivity index (χ1v) is 8.25. The zero-order chi connectivity index (χ0) is 14.2. The first kappa shape index (κ1) is 13.6. The van der Waals surface area contributed by atoms with E-state index in [0.717, 1.165) is 28.7 Å². The van der Waals surface area contributed by atoms with Crippen molar-refractivity contribution in [3.8, 4) is 0 Å². The molecule has 0 unspecified atom stereocenters. The van der Waals surface area contributed by atoms with Gasteiger partial charge < -0.3 is 10.4 Å². The van der Waals surface area contributed by atoms with Crippen molar-refractivity contribution in [3.05, 3.63) is 22.4 Å². The molecule has 1 amide bonds. The highest BCUT2D eigenvalue weighted by atomic mass is 32.1. The van der Waals surface area contributed by atoms with Crippen LogP contribution in [0.5, 0.6) is 0 Å². The maximum absolute atomic E-state index is 12.1. The normalized spacial score (nSPS) is 16.8. The number of thiophene rings is 2. The smallest absolute Gasteiger partial charge is 0.303 e. The third-order valence-corrected chi connectivity index (χ3v) is 6.02. The minimum Gasteiger partial charge on any atom is -0.481 e. The highest BCUT2D eigenvalue weighted by Gasteiger charge is 2.39. The van der Waals surface area contributed by atoms with Crippen molar-refractivity contribution in [2.45, 2.75) is 25.7 Å². The van der Waals surface area contributed by atoms with E-state index in [1.807, 2.05) is 17.5 Å². The van der Waals surface area contributed by atoms with Crippen molar-refractivity contribution in [1.29, 1.82) is 0 Å². The van der Waals surface area contributed by atoms with Crippen LogP contribution in [0.1, 0.15) is 35.4 Å². The zero-order valence-corrected chi connectivity index (χ0v) is 12.5. The Kier molecular flexibility index (Phi) is 3.52. The molecule has 20 heavy (non-hydrogen) atoms. The van der Waals surface area contributed by atoms with E-state index in [1.54, 1.807) is 11.3 Å². The molecule has 0 atom stereocenters. The van der Waals surface area contributed by atoms with Gasteiger partial charge in [0.05, 0.1) is 11.3 Å². The SMILES string of the molecule is O=C(O)CC1(CNC(=O)c2cc3sccc3s2)CCC1. The molecule has 0 saturated heterocycles. The van der Waals surface area contributed by atoms with Crippen molar-refractivity contribution in [3.63, 3.8) is 0 Å². The van der Waals surface area contributed by atoms with Gasteiger partial charge in [-0.2, -0.15) is 0 Å². The second-order valence-electron chi connectivity index (χ2n) is 5.37. The maximum Gasteiger partial charge on any atom is 0.303 e. The summed E-state index contributed by atoms with van der Waals surface area (Å²) in [5.41, 5.74) is -0.226. The molecule has 0 radical (unpaired) electrons. The van der Waals surface area contributed by atoms with Gasteiger partial charge in [-0.05, 0) is 35.8 Å². The molecule has 1 aliphatic rings. The van der Waals surface area contributed by atoms with Crippen LogP contribution in [0.3, 0.4) is 0 Å². The Bertz CT molecular complexity index is 626. The van der Waals surface area contributed by atoms with Crippen molar-refractivity contribution in [1.82, 2.24) is 5.32 Å². The standard InChI is InChI=1S/C14H15NO3S2/c16-12(17)7-14(3-1-4-14)8-15-13(18)11-6-10-9(20-11)2-5-19-10/h2,5-6H,1,3-4,7-8H2,(H,15,18)(H,16,17). The third kappa shape index (κ3) is 2.58. The highest BCUT2D eigenvalue weighted by Crippen LogP contribution is 2.43. The molecule has 0 bridgehead atoms. The number of carbonyl (C=O) groups is 2. The molecular weight excluding hydrogens is 294 g/mol. The Morgan fingerprint density at radius 1 is 1.35 bits per heavy atom. The van der Waals surface area contributed by atoms with Gasteiger partial charge >= 0.3 is 5.97 Å². The number of hydrogen-bond donors (Lipinski definition) is 2. The lowest BCUT2D eigenvalue weighted by Crippen LogP contribution is -2.43. The maximum atomic E-state index is 12.1. The first-order valence-electron chi connectivity index (χ1n) is 6.55. The van der Waals surface area contributed by atoms with Crippen molar-refractivity contribution >= 4 is 43.9 Å². The monoisotopic (exact) mass is 309 g/mol. The summed E-state index contributed by atoms with van der Waals surface area (Å²) in [6, 6.07) is 3.92. The molecular formula is C14H15NO3S2. The molecule has 2 aromatic heterocycles. The van der Waals surface area contributed by atoms with E-state index in [-0.39, 0.29) is 17.7 Å². The zero-order valence-electron chi connectivity index (χ0n) is 10.8. The van der Waals surface area contributed by atoms with Gasteiger partial charge in [0.15, 0.2) is 0 Å². The Balaban J connectivity index is 1.64. The molecule has 0 aromatic carbocycles. The average Bonchev–Trinajstić information content (AvgIpc) is 2.91. The molecule has 1 saturated carbocycles. The van der Waals surface area contributed by atoms with E-state index < -0.39 is 5.97 Å². The summed E-state index contributed by atoms with van der Waals surface area (Å²) in [6.07, 6.45) is 2.98. The largest absolute Gasteiger partial charge is 0.481 e. The van der Waals surface area contributed by atoms with Crippen molar-refractivity contribution in [2.75, 3.05) is 6.54 Å². The lowest BCUT2D eigenvalue weighted by atomic mass is 9.66. The van der Waals surface area contributed by atoms with E-state index in [4.69, 9.17) is 5.11 Å². The van der Waals surface area contributed by atoms with Gasteiger partial charge in [0.1, 0.15) is 0 Å². The van der Waals surface area contributed by atoms with Crippen molar-refractivity contribution < 1.29 is 14.7 Å². The number of carboxylic acids is 1. The average molecular weight is 309 g/mol. The second-order valence-corrected chi connectivity index (χ2v) is 7.40. The first-order chi connectivity index (χ1) is 9.58. The summed E-state index contributed by atoms with van der Waals surface area (Å²) in [7, 11) is 0. The number of carbonyl (C=O) groups excluding carboxylic acids is 1. The number of carboxylic acid groups (broad SMARTS) is 1. The molecule has 0 spiro atoms. The van der Waals surface area contributed by atoms with E-state index in [2.05, 4.69) is 5.32 Å². The fourth-order valence-electron chi connectivity index (χ4n) is 2.65. The molecule has 1 fully saturated rings. The fraction of sp³-hybridized carbons (Fsp3) is 0.429. The van der Waals surface area contributed by atoms with Crippen LogP contribution in [-0.4, -0.2) is 23.5 Å². The topological polar surface area (TPSA) is 66.4 Å². The van der Waals surface area contributed by atoms with Crippen LogP contribution in [0.25, 0.3) is 9.40 Å². The summed E-state index contributed by atoms with van der Waals surface area (Å²) in [5.74, 6) is -0.870. The van der Waals surface area contributed by atoms with Gasteiger partial charge in [0, 0.05) is 15.9 Å². The molecule has 1 aliphatic carbocycles. The third-order valence-electron chi connectivity index (χ3n) is 3.93. The summed E-state index contributed by atoms with van der Waals surface area (Å²) in [4.78, 5) is 23.7. The van der Waals surface area contributed by atoms with Gasteiger partial charge in [0.2, 0.25) is 0 Å². The predicted molar refractivity (Wildman–Crippen MR) is 80.6 cm³/mol. The predicted octanol–water partition coefficient (Wildman–Crippen LogP) is 3.34. The second kappa shape index (κ2) is 5.18. The number of hydrogen-bond acceptors (Lipinski definition) is 4. The number of fused-ring (bicyclic) bond motifs is 1. The molecule has 6 heteroatoms. The van der Waals surface area contributed by atoms with Crippen LogP contribution in [-0.2, 0) is 4.79 Å². The molecule has 3 rings (SSSR count). The van der Waals surface area contributed by atoms with E-state index in [1.165, 1.54) is 11.3 Å². The summed E-state index contributed by atoms with van der Waals surface area (Å²) < 4.78 is 2.26. The van der Waals surface area contributed by atoms with Gasteiger partial charge in [0.25, 0.3) is 5.91 Å². The van der Waals surface area contributed by atoms with E-state index >= 15 is 0 Å². The minimum atomic E-state index is -0.782. The van der Waals surface area contributed by atoms with Crippen LogP contribution >= 0.6 is 22.7 Å². The molecule has 2 heterocycles. The highest BCUT2D eigenvalue weighted by molar-refractivity contribution is 7.27. The molecule has 2 N–H and O–H groups in total. The number of amides is 1. The number of nitrogens with one attached hydrogen (secondary N) is 1. The molecule has 106 valence electrons. The van der Waals surface area contributed by atoms with Crippen LogP contribution in [0, 0.1) is 5.41 Å². The van der Waals surface area contributed by atoms with Gasteiger partial charge in [-0.15, -0.1) is 22.7 Å². The number of rotatable bonds is 5. The van der Waals surface area contributed by atoms with Crippen LogP contribution in [0.15, 0.2) is 17.5 Å². The molecule has 2 aromatic rings. The fourth-order valence-corrected chi connectivity index (χ4v) is 4.67. The van der Waals surface area contributed by atoms with Crippen LogP contribution in [0.2, 0.25) is 0 Å². The lowest BCUT2D eigenvalue weighted by molar-refractivity contribution is -0.141. The van der Waals surface area contributed by atoms with Gasteiger partial charge in [-0.25, -0.2) is 0 Å². The minimum absolute atomic E-state index is 0.0879. The molecule has 0 aliphatic heterocycles. The lowest BCUT2D eigenvalue weighted by Gasteiger charge is -2.40. The van der Waals surface area contributed by atoms with E-state index in [9.17, 15) is 9.59 Å². The number of aliphatic carboxylic acids is 1. The quantitative estimate of drug-likeness (QED) is 0.890. The Morgan fingerprint density at radius 3 is 2.75 bits per heavy atom. The van der Waals surface area contributed by atoms with Gasteiger partial charge in [-0.3, -0.25) is 9.59 Å².